The quantitative estimate of drug-likeness (QED) is 0.836. The van der Waals surface area contributed by atoms with Gasteiger partial charge in [-0.15, -0.1) is 0 Å². The van der Waals surface area contributed by atoms with E-state index in [4.69, 9.17) is 4.74 Å². The molecule has 98 valence electrons. The highest BCUT2D eigenvalue weighted by Gasteiger charge is 2.29. The third-order valence-electron chi connectivity index (χ3n) is 3.51. The Bertz CT molecular complexity index is 477. The van der Waals surface area contributed by atoms with Crippen molar-refractivity contribution in [2.75, 3.05) is 0 Å². The van der Waals surface area contributed by atoms with Gasteiger partial charge >= 0.3 is 5.97 Å². The lowest BCUT2D eigenvalue weighted by Gasteiger charge is -2.25. The minimum absolute atomic E-state index is 0.107. The van der Waals surface area contributed by atoms with Gasteiger partial charge in [-0.1, -0.05) is 19.4 Å². The largest absolute Gasteiger partial charge is 0.507 e. The van der Waals surface area contributed by atoms with Crippen LogP contribution in [0.2, 0.25) is 0 Å². The number of fused-ring (bicyclic) bond motifs is 1. The maximum Gasteiger partial charge on any atom is 0.342 e. The number of carbonyl (C=O) groups is 1. The molecule has 0 aliphatic carbocycles. The van der Waals surface area contributed by atoms with Crippen molar-refractivity contribution >= 4 is 5.97 Å². The van der Waals surface area contributed by atoms with Crippen molar-refractivity contribution in [2.45, 2.75) is 52.6 Å². The molecule has 2 rings (SSSR count). The first-order chi connectivity index (χ1) is 8.54. The molecule has 0 spiro atoms. The number of phenolic OH excluding ortho intramolecular Hbond substituents is 1. The number of ether oxygens (including phenoxy) is 1. The van der Waals surface area contributed by atoms with E-state index in [1.807, 2.05) is 19.9 Å². The van der Waals surface area contributed by atoms with Gasteiger partial charge in [-0.25, -0.2) is 4.79 Å². The van der Waals surface area contributed by atoms with E-state index in [2.05, 4.69) is 6.92 Å². The number of esters is 1. The molecule has 1 aromatic rings. The van der Waals surface area contributed by atoms with E-state index >= 15 is 0 Å². The van der Waals surface area contributed by atoms with Gasteiger partial charge in [-0.3, -0.25) is 0 Å². The summed E-state index contributed by atoms with van der Waals surface area (Å²) in [5.74, 6) is -0.261. The van der Waals surface area contributed by atoms with Crippen LogP contribution in [0.3, 0.4) is 0 Å². The van der Waals surface area contributed by atoms with E-state index in [9.17, 15) is 9.90 Å². The van der Waals surface area contributed by atoms with Crippen LogP contribution < -0.4 is 0 Å². The highest BCUT2D eigenvalue weighted by Crippen LogP contribution is 2.34. The highest BCUT2D eigenvalue weighted by molar-refractivity contribution is 5.96. The molecule has 1 aliphatic heterocycles. The number of rotatable bonds is 3. The summed E-state index contributed by atoms with van der Waals surface area (Å²) in [4.78, 5) is 11.9. The fraction of sp³-hybridized carbons (Fsp3) is 0.533. The number of unbranched alkanes of at least 4 members (excludes halogenated alkanes) is 1. The predicted molar refractivity (Wildman–Crippen MR) is 70.0 cm³/mol. The Morgan fingerprint density at radius 3 is 2.89 bits per heavy atom. The molecule has 3 heteroatoms. The normalized spacial score (nSPS) is 18.4. The van der Waals surface area contributed by atoms with Gasteiger partial charge in [0.2, 0.25) is 0 Å². The molecular formula is C15H20O3. The van der Waals surface area contributed by atoms with Crippen LogP contribution in [0.15, 0.2) is 6.07 Å². The maximum atomic E-state index is 11.9. The molecule has 0 amide bonds. The summed E-state index contributed by atoms with van der Waals surface area (Å²) in [6, 6.07) is 2.01. The number of benzene rings is 1. The number of phenols is 1. The Morgan fingerprint density at radius 2 is 2.22 bits per heavy atom. The van der Waals surface area contributed by atoms with E-state index in [1.54, 1.807) is 0 Å². The van der Waals surface area contributed by atoms with Gasteiger partial charge in [-0.2, -0.15) is 0 Å². The summed E-state index contributed by atoms with van der Waals surface area (Å²) in [6.07, 6.45) is 3.46. The summed E-state index contributed by atoms with van der Waals surface area (Å²) in [5, 5.41) is 10.2. The van der Waals surface area contributed by atoms with Crippen molar-refractivity contribution in [1.29, 1.82) is 0 Å². The summed E-state index contributed by atoms with van der Waals surface area (Å²) >= 11 is 0. The monoisotopic (exact) mass is 248 g/mol. The molecule has 1 aromatic carbocycles. The fourth-order valence-electron chi connectivity index (χ4n) is 2.53. The molecule has 0 fully saturated rings. The van der Waals surface area contributed by atoms with E-state index < -0.39 is 0 Å². The Kier molecular flexibility index (Phi) is 3.60. The Hall–Kier alpha value is -1.51. The average Bonchev–Trinajstić information content (AvgIpc) is 2.31. The molecule has 0 unspecified atom stereocenters. The zero-order valence-corrected chi connectivity index (χ0v) is 11.2. The topological polar surface area (TPSA) is 46.5 Å². The first-order valence-electron chi connectivity index (χ1n) is 6.59. The zero-order chi connectivity index (χ0) is 13.3. The fourth-order valence-corrected chi connectivity index (χ4v) is 2.53. The van der Waals surface area contributed by atoms with Crippen molar-refractivity contribution in [3.05, 3.63) is 28.3 Å². The Labute approximate surface area is 108 Å². The lowest BCUT2D eigenvalue weighted by Crippen LogP contribution is -2.26. The number of aromatic hydroxyl groups is 1. The number of cyclic esters (lactones) is 1. The first kappa shape index (κ1) is 12.9. The van der Waals surface area contributed by atoms with Gasteiger partial charge < -0.3 is 9.84 Å². The smallest absolute Gasteiger partial charge is 0.342 e. The Morgan fingerprint density at radius 1 is 1.50 bits per heavy atom. The second-order valence-corrected chi connectivity index (χ2v) is 5.08. The molecule has 1 aliphatic rings. The molecule has 1 heterocycles. The molecule has 18 heavy (non-hydrogen) atoms. The number of aryl methyl sites for hydroxylation is 2. The molecule has 1 N–H and O–H groups in total. The molecule has 1 atom stereocenters. The summed E-state index contributed by atoms with van der Waals surface area (Å²) < 4.78 is 5.21. The number of carbonyl (C=O) groups excluding carboxylic acids is 1. The van der Waals surface area contributed by atoms with Crippen LogP contribution in [0, 0.1) is 6.92 Å². The average molecular weight is 248 g/mol. The van der Waals surface area contributed by atoms with Gasteiger partial charge in [0.25, 0.3) is 0 Å². The summed E-state index contributed by atoms with van der Waals surface area (Å²) in [5.41, 5.74) is 3.27. The van der Waals surface area contributed by atoms with Crippen molar-refractivity contribution in [1.82, 2.24) is 0 Å². The number of hydrogen-bond acceptors (Lipinski definition) is 3. The van der Waals surface area contributed by atoms with Gasteiger partial charge in [0.1, 0.15) is 17.4 Å². The van der Waals surface area contributed by atoms with Crippen LogP contribution in [0.5, 0.6) is 5.75 Å². The zero-order valence-electron chi connectivity index (χ0n) is 11.2. The van der Waals surface area contributed by atoms with E-state index in [1.165, 1.54) is 0 Å². The van der Waals surface area contributed by atoms with Crippen LogP contribution >= 0.6 is 0 Å². The standard InChI is InChI=1S/C15H20O3/c1-4-5-6-11-7-9(2)12-8-10(3)18-15(17)13(12)14(11)16/h7,10,16H,4-6,8H2,1-3H3/t10-/m1/s1. The van der Waals surface area contributed by atoms with Gasteiger partial charge in [0, 0.05) is 6.42 Å². The third-order valence-corrected chi connectivity index (χ3v) is 3.51. The van der Waals surface area contributed by atoms with Crippen molar-refractivity contribution in [2.24, 2.45) is 0 Å². The van der Waals surface area contributed by atoms with Crippen LogP contribution in [-0.4, -0.2) is 17.2 Å². The SMILES string of the molecule is CCCCc1cc(C)c2c(c1O)C(=O)O[C@H](C)C2. The van der Waals surface area contributed by atoms with Crippen LogP contribution in [0.4, 0.5) is 0 Å². The van der Waals surface area contributed by atoms with Crippen LogP contribution in [0.25, 0.3) is 0 Å². The lowest BCUT2D eigenvalue weighted by atomic mass is 9.90. The van der Waals surface area contributed by atoms with Crippen molar-refractivity contribution in [3.63, 3.8) is 0 Å². The highest BCUT2D eigenvalue weighted by atomic mass is 16.5. The Balaban J connectivity index is 2.48. The maximum absolute atomic E-state index is 11.9. The van der Waals surface area contributed by atoms with E-state index in [0.29, 0.717) is 12.0 Å². The second kappa shape index (κ2) is 5.01. The minimum atomic E-state index is -0.386. The van der Waals surface area contributed by atoms with Crippen molar-refractivity contribution < 1.29 is 14.6 Å². The summed E-state index contributed by atoms with van der Waals surface area (Å²) in [7, 11) is 0. The summed E-state index contributed by atoms with van der Waals surface area (Å²) in [6.45, 7) is 5.99. The third kappa shape index (κ3) is 2.22. The predicted octanol–water partition coefficient (Wildman–Crippen LogP) is 3.14. The number of hydrogen-bond donors (Lipinski definition) is 1. The van der Waals surface area contributed by atoms with Crippen LogP contribution in [-0.2, 0) is 17.6 Å². The minimum Gasteiger partial charge on any atom is -0.507 e. The second-order valence-electron chi connectivity index (χ2n) is 5.08. The molecular weight excluding hydrogens is 228 g/mol. The van der Waals surface area contributed by atoms with Gasteiger partial charge in [-0.05, 0) is 43.4 Å². The molecule has 0 saturated carbocycles. The molecule has 0 bridgehead atoms. The molecule has 0 saturated heterocycles. The van der Waals surface area contributed by atoms with E-state index in [-0.39, 0.29) is 17.8 Å². The first-order valence-corrected chi connectivity index (χ1v) is 6.59. The van der Waals surface area contributed by atoms with E-state index in [0.717, 1.165) is 36.0 Å². The van der Waals surface area contributed by atoms with Crippen molar-refractivity contribution in [3.8, 4) is 5.75 Å². The van der Waals surface area contributed by atoms with Gasteiger partial charge in [0.15, 0.2) is 0 Å². The molecule has 3 nitrogen and oxygen atoms in total. The molecule has 0 aromatic heterocycles. The molecule has 0 radical (unpaired) electrons. The van der Waals surface area contributed by atoms with Crippen LogP contribution in [0.1, 0.15) is 53.7 Å². The van der Waals surface area contributed by atoms with Gasteiger partial charge in [0.05, 0.1) is 0 Å². The lowest BCUT2D eigenvalue weighted by molar-refractivity contribution is 0.0296.